The molecule has 0 bridgehead atoms. The molecule has 2 aromatic carbocycles. The van der Waals surface area contributed by atoms with E-state index in [1.165, 1.54) is 43.4 Å². The molecule has 0 aliphatic heterocycles. The fourth-order valence-corrected chi connectivity index (χ4v) is 3.74. The van der Waals surface area contributed by atoms with Crippen LogP contribution in [0.25, 0.3) is 0 Å². The number of pyridine rings is 1. The van der Waals surface area contributed by atoms with Crippen LogP contribution in [0.4, 0.5) is 22.0 Å². The highest BCUT2D eigenvalue weighted by molar-refractivity contribution is 5.82. The van der Waals surface area contributed by atoms with Gasteiger partial charge in [-0.2, -0.15) is 13.2 Å². The maximum absolute atomic E-state index is 14.7. The lowest BCUT2D eigenvalue weighted by Gasteiger charge is -2.22. The number of carbonyl (C=O) groups excluding carboxylic acids is 1. The lowest BCUT2D eigenvalue weighted by atomic mass is 9.88. The third kappa shape index (κ3) is 6.17. The van der Waals surface area contributed by atoms with Crippen LogP contribution in [0.15, 0.2) is 60.8 Å². The van der Waals surface area contributed by atoms with Crippen LogP contribution in [-0.4, -0.2) is 24.5 Å². The van der Waals surface area contributed by atoms with E-state index in [0.29, 0.717) is 16.7 Å². The molecule has 0 radical (unpaired) electrons. The first-order valence-corrected chi connectivity index (χ1v) is 10.6. The van der Waals surface area contributed by atoms with Gasteiger partial charge in [-0.05, 0) is 60.8 Å². The smallest absolute Gasteiger partial charge is 0.358 e. The Morgan fingerprint density at radius 2 is 1.68 bits per heavy atom. The number of likely N-dealkylation sites (N-methyl/N-ethyl adjacent to an activating group) is 1. The minimum atomic E-state index is -4.58. The predicted molar refractivity (Wildman–Crippen MR) is 118 cm³/mol. The molecule has 1 aromatic heterocycles. The SMILES string of the molecule is CNC(=O)[C@H](NCC[C@@H](c1ccc(C(F)(F)F)nc1)c1cc(C)ccc1F)c1ccc(F)cc1. The monoisotopic (exact) mass is 477 g/mol. The van der Waals surface area contributed by atoms with Crippen molar-refractivity contribution >= 4 is 5.91 Å². The van der Waals surface area contributed by atoms with Gasteiger partial charge in [-0.25, -0.2) is 8.78 Å². The van der Waals surface area contributed by atoms with Crippen LogP contribution >= 0.6 is 0 Å². The summed E-state index contributed by atoms with van der Waals surface area (Å²) < 4.78 is 66.9. The molecule has 2 N–H and O–H groups in total. The number of rotatable bonds is 8. The van der Waals surface area contributed by atoms with Crippen LogP contribution in [0.5, 0.6) is 0 Å². The third-order valence-corrected chi connectivity index (χ3v) is 5.50. The molecule has 2 atom stereocenters. The van der Waals surface area contributed by atoms with E-state index in [-0.39, 0.29) is 18.9 Å². The Morgan fingerprint density at radius 1 is 1.00 bits per heavy atom. The molecule has 0 spiro atoms. The van der Waals surface area contributed by atoms with Crippen molar-refractivity contribution in [1.29, 1.82) is 0 Å². The molecule has 3 rings (SSSR count). The van der Waals surface area contributed by atoms with Crippen molar-refractivity contribution < 1.29 is 26.7 Å². The first-order valence-electron chi connectivity index (χ1n) is 10.6. The average molecular weight is 477 g/mol. The Bertz CT molecular complexity index is 1110. The van der Waals surface area contributed by atoms with E-state index >= 15 is 0 Å². The molecule has 0 aliphatic rings. The van der Waals surface area contributed by atoms with E-state index in [9.17, 15) is 26.7 Å². The van der Waals surface area contributed by atoms with Gasteiger partial charge in [-0.15, -0.1) is 0 Å². The van der Waals surface area contributed by atoms with Gasteiger partial charge in [0, 0.05) is 19.2 Å². The number of hydrogen-bond donors (Lipinski definition) is 2. The van der Waals surface area contributed by atoms with Crippen LogP contribution in [0, 0.1) is 18.6 Å². The Hall–Kier alpha value is -3.33. The molecule has 34 heavy (non-hydrogen) atoms. The zero-order valence-corrected chi connectivity index (χ0v) is 18.6. The number of aryl methyl sites for hydroxylation is 1. The average Bonchev–Trinajstić information content (AvgIpc) is 2.81. The number of carbonyl (C=O) groups is 1. The van der Waals surface area contributed by atoms with Gasteiger partial charge in [0.2, 0.25) is 5.91 Å². The second kappa shape index (κ2) is 10.7. The quantitative estimate of drug-likeness (QED) is 0.434. The van der Waals surface area contributed by atoms with E-state index in [2.05, 4.69) is 15.6 Å². The number of hydrogen-bond acceptors (Lipinski definition) is 3. The topological polar surface area (TPSA) is 54.0 Å². The zero-order valence-electron chi connectivity index (χ0n) is 18.6. The van der Waals surface area contributed by atoms with E-state index in [0.717, 1.165) is 17.8 Å². The molecular weight excluding hydrogens is 453 g/mol. The highest BCUT2D eigenvalue weighted by atomic mass is 19.4. The number of amides is 1. The van der Waals surface area contributed by atoms with Crippen molar-refractivity contribution in [2.45, 2.75) is 31.5 Å². The summed E-state index contributed by atoms with van der Waals surface area (Å²) in [4.78, 5) is 15.9. The van der Waals surface area contributed by atoms with Crippen molar-refractivity contribution in [2.24, 2.45) is 0 Å². The predicted octanol–water partition coefficient (Wildman–Crippen LogP) is 5.29. The van der Waals surface area contributed by atoms with Gasteiger partial charge in [0.1, 0.15) is 23.4 Å². The lowest BCUT2D eigenvalue weighted by molar-refractivity contribution is -0.141. The second-order valence-electron chi connectivity index (χ2n) is 7.89. The summed E-state index contributed by atoms with van der Waals surface area (Å²) in [5.41, 5.74) is 1.03. The van der Waals surface area contributed by atoms with Gasteiger partial charge in [0.05, 0.1) is 0 Å². The van der Waals surface area contributed by atoms with Crippen molar-refractivity contribution in [3.8, 4) is 0 Å². The van der Waals surface area contributed by atoms with Crippen LogP contribution in [0.2, 0.25) is 0 Å². The lowest BCUT2D eigenvalue weighted by Crippen LogP contribution is -2.36. The normalized spacial score (nSPS) is 13.4. The van der Waals surface area contributed by atoms with Crippen LogP contribution in [-0.2, 0) is 11.0 Å². The van der Waals surface area contributed by atoms with Gasteiger partial charge in [-0.1, -0.05) is 35.9 Å². The van der Waals surface area contributed by atoms with Crippen LogP contribution < -0.4 is 10.6 Å². The molecule has 0 aliphatic carbocycles. The fourth-order valence-electron chi connectivity index (χ4n) is 3.74. The van der Waals surface area contributed by atoms with Gasteiger partial charge in [0.25, 0.3) is 0 Å². The second-order valence-corrected chi connectivity index (χ2v) is 7.89. The van der Waals surface area contributed by atoms with Gasteiger partial charge < -0.3 is 10.6 Å². The Labute approximate surface area is 194 Å². The van der Waals surface area contributed by atoms with Gasteiger partial charge >= 0.3 is 6.18 Å². The molecule has 1 heterocycles. The number of aromatic nitrogens is 1. The van der Waals surface area contributed by atoms with Gasteiger partial charge in [0.15, 0.2) is 0 Å². The molecule has 180 valence electrons. The van der Waals surface area contributed by atoms with Gasteiger partial charge in [-0.3, -0.25) is 9.78 Å². The minimum absolute atomic E-state index is 0.217. The molecular formula is C25H24F5N3O. The molecule has 0 saturated heterocycles. The summed E-state index contributed by atoms with van der Waals surface area (Å²) in [6.45, 7) is 2.01. The molecule has 9 heteroatoms. The number of nitrogens with zero attached hydrogens (tertiary/aromatic N) is 1. The number of benzene rings is 2. The van der Waals surface area contributed by atoms with E-state index in [1.807, 2.05) is 0 Å². The first kappa shape index (κ1) is 25.3. The Morgan fingerprint density at radius 3 is 2.26 bits per heavy atom. The number of alkyl halides is 3. The molecule has 0 unspecified atom stereocenters. The van der Waals surface area contributed by atoms with Crippen LogP contribution in [0.3, 0.4) is 0 Å². The summed E-state index contributed by atoms with van der Waals surface area (Å²) in [6.07, 6.45) is -3.21. The van der Waals surface area contributed by atoms with E-state index in [1.54, 1.807) is 19.1 Å². The van der Waals surface area contributed by atoms with E-state index in [4.69, 9.17) is 0 Å². The summed E-state index contributed by atoms with van der Waals surface area (Å²) in [7, 11) is 1.47. The highest BCUT2D eigenvalue weighted by Gasteiger charge is 2.32. The summed E-state index contributed by atoms with van der Waals surface area (Å²) in [5, 5.41) is 5.63. The third-order valence-electron chi connectivity index (χ3n) is 5.50. The van der Waals surface area contributed by atoms with Crippen LogP contribution in [0.1, 0.15) is 46.3 Å². The largest absolute Gasteiger partial charge is 0.433 e. The van der Waals surface area contributed by atoms with Crippen molar-refractivity contribution in [2.75, 3.05) is 13.6 Å². The van der Waals surface area contributed by atoms with Crippen molar-refractivity contribution in [3.05, 3.63) is 100 Å². The summed E-state index contributed by atoms with van der Waals surface area (Å²) in [5.74, 6) is -1.89. The first-order chi connectivity index (χ1) is 16.1. The Kier molecular flexibility index (Phi) is 7.98. The highest BCUT2D eigenvalue weighted by Crippen LogP contribution is 2.33. The summed E-state index contributed by atoms with van der Waals surface area (Å²) >= 11 is 0. The zero-order chi connectivity index (χ0) is 24.9. The molecule has 0 saturated carbocycles. The number of halogens is 5. The van der Waals surface area contributed by atoms with Crippen molar-refractivity contribution in [1.82, 2.24) is 15.6 Å². The van der Waals surface area contributed by atoms with Crippen molar-refractivity contribution in [3.63, 3.8) is 0 Å². The Balaban J connectivity index is 1.87. The molecule has 3 aromatic rings. The fraction of sp³-hybridized carbons (Fsp3) is 0.280. The standard InChI is InChI=1S/C25H24F5N3O/c1-15-3-9-21(27)20(13-15)19(17-6-10-22(33-14-17)25(28,29)30)11-12-32-23(24(34)31-2)16-4-7-18(26)8-5-16/h3-10,13-14,19,23,32H,11-12H2,1-2H3,(H,31,34)/t19-,23+/m0/s1. The molecule has 4 nitrogen and oxygen atoms in total. The summed E-state index contributed by atoms with van der Waals surface area (Å²) in [6, 6.07) is 11.4. The molecule has 0 fully saturated rings. The maximum Gasteiger partial charge on any atom is 0.433 e. The number of nitrogens with one attached hydrogen (secondary N) is 2. The van der Waals surface area contributed by atoms with E-state index < -0.39 is 35.5 Å². The minimum Gasteiger partial charge on any atom is -0.358 e. The maximum atomic E-state index is 14.7. The molecule has 1 amide bonds.